The molecule has 2 atom stereocenters. The summed E-state index contributed by atoms with van der Waals surface area (Å²) < 4.78 is 20.8. The molecular weight excluding hydrogens is 675 g/mol. The normalized spacial score (nSPS) is 14.9. The molecule has 4 aromatic rings. The van der Waals surface area contributed by atoms with Gasteiger partial charge in [0.1, 0.15) is 17.5 Å². The molecule has 0 radical (unpaired) electrons. The summed E-state index contributed by atoms with van der Waals surface area (Å²) >= 11 is 5.96. The number of nitrogens with zero attached hydrogens (tertiary/aromatic N) is 1. The molecular formula is C39H38ClFN4O6. The SMILES string of the molecule is CC1CC=C(c2ccc(NC(=O)OC(C)(C)C)cc2)ON=C1c1ccc(CC(NC(=O)Nc2ccc(-c3ccc(Cl)cc3)cc2)C(=O)O)cc1F. The largest absolute Gasteiger partial charge is 0.480 e. The van der Waals surface area contributed by atoms with Crippen LogP contribution in [0.2, 0.25) is 5.02 Å². The highest BCUT2D eigenvalue weighted by atomic mass is 35.5. The number of hydrogen-bond donors (Lipinski definition) is 4. The van der Waals surface area contributed by atoms with Gasteiger partial charge in [-0.05, 0) is 111 Å². The lowest BCUT2D eigenvalue weighted by Crippen LogP contribution is -2.44. The zero-order valence-corrected chi connectivity index (χ0v) is 29.3. The third-order valence-corrected chi connectivity index (χ3v) is 8.11. The van der Waals surface area contributed by atoms with Crippen LogP contribution in [0.5, 0.6) is 0 Å². The summed E-state index contributed by atoms with van der Waals surface area (Å²) in [4.78, 5) is 42.6. The van der Waals surface area contributed by atoms with Crippen molar-refractivity contribution in [3.63, 3.8) is 0 Å². The molecule has 4 N–H and O–H groups in total. The summed E-state index contributed by atoms with van der Waals surface area (Å²) in [6.45, 7) is 7.24. The quantitative estimate of drug-likeness (QED) is 0.137. The Morgan fingerprint density at radius 2 is 1.51 bits per heavy atom. The van der Waals surface area contributed by atoms with Gasteiger partial charge in [0.25, 0.3) is 0 Å². The van der Waals surface area contributed by atoms with E-state index >= 15 is 4.39 Å². The zero-order valence-electron chi connectivity index (χ0n) is 28.5. The Bertz CT molecular complexity index is 1960. The van der Waals surface area contributed by atoms with Crippen molar-refractivity contribution < 1.29 is 33.5 Å². The summed E-state index contributed by atoms with van der Waals surface area (Å²) in [5, 5.41) is 22.5. The third-order valence-electron chi connectivity index (χ3n) is 7.85. The van der Waals surface area contributed by atoms with Gasteiger partial charge in [-0.15, -0.1) is 0 Å². The fourth-order valence-corrected chi connectivity index (χ4v) is 5.41. The number of carbonyl (C=O) groups excluding carboxylic acids is 2. The monoisotopic (exact) mass is 712 g/mol. The number of aliphatic carboxylic acids is 1. The van der Waals surface area contributed by atoms with Crippen molar-refractivity contribution >= 4 is 52.5 Å². The number of ether oxygens (including phenoxy) is 1. The Hall–Kier alpha value is -5.68. The van der Waals surface area contributed by atoms with Crippen LogP contribution in [0.1, 0.15) is 50.8 Å². The number of urea groups is 1. The number of benzene rings is 4. The number of nitrogens with one attached hydrogen (secondary N) is 3. The van der Waals surface area contributed by atoms with Crippen molar-refractivity contribution in [1.82, 2.24) is 5.32 Å². The molecule has 1 heterocycles. The number of amides is 3. The van der Waals surface area contributed by atoms with E-state index in [0.717, 1.165) is 11.1 Å². The van der Waals surface area contributed by atoms with Crippen LogP contribution in [0.3, 0.4) is 0 Å². The summed E-state index contributed by atoms with van der Waals surface area (Å²) in [5.74, 6) is -1.59. The van der Waals surface area contributed by atoms with Crippen molar-refractivity contribution in [1.29, 1.82) is 0 Å². The van der Waals surface area contributed by atoms with Gasteiger partial charge in [-0.1, -0.05) is 54.0 Å². The highest BCUT2D eigenvalue weighted by Gasteiger charge is 2.24. The van der Waals surface area contributed by atoms with Gasteiger partial charge in [-0.25, -0.2) is 18.8 Å². The first-order valence-corrected chi connectivity index (χ1v) is 16.6. The van der Waals surface area contributed by atoms with Gasteiger partial charge in [-0.2, -0.15) is 0 Å². The first-order chi connectivity index (χ1) is 24.2. The van der Waals surface area contributed by atoms with Crippen LogP contribution >= 0.6 is 11.6 Å². The van der Waals surface area contributed by atoms with Crippen LogP contribution in [-0.2, 0) is 20.8 Å². The highest BCUT2D eigenvalue weighted by Crippen LogP contribution is 2.28. The molecule has 0 spiro atoms. The molecule has 1 aliphatic rings. The molecule has 0 aliphatic carbocycles. The molecule has 4 aromatic carbocycles. The van der Waals surface area contributed by atoms with E-state index in [-0.39, 0.29) is 17.9 Å². The number of carboxylic acids is 1. The number of anilines is 2. The van der Waals surface area contributed by atoms with Gasteiger partial charge in [0, 0.05) is 39.9 Å². The van der Waals surface area contributed by atoms with Crippen LogP contribution in [-0.4, -0.2) is 40.6 Å². The number of hydrogen-bond acceptors (Lipinski definition) is 6. The molecule has 264 valence electrons. The van der Waals surface area contributed by atoms with Gasteiger partial charge < -0.3 is 25.3 Å². The minimum Gasteiger partial charge on any atom is -0.480 e. The second kappa shape index (κ2) is 15.9. The van der Waals surface area contributed by atoms with Gasteiger partial charge in [0.2, 0.25) is 0 Å². The van der Waals surface area contributed by atoms with Crippen molar-refractivity contribution in [2.24, 2.45) is 11.1 Å². The Morgan fingerprint density at radius 1 is 0.922 bits per heavy atom. The second-order valence-corrected chi connectivity index (χ2v) is 13.5. The summed E-state index contributed by atoms with van der Waals surface area (Å²) in [6.07, 6.45) is 1.66. The summed E-state index contributed by atoms with van der Waals surface area (Å²) in [7, 11) is 0. The number of rotatable bonds is 9. The first kappa shape index (κ1) is 36.6. The van der Waals surface area contributed by atoms with Crippen LogP contribution in [0.4, 0.5) is 25.4 Å². The number of carbonyl (C=O) groups is 3. The average Bonchev–Trinajstić information content (AvgIpc) is 3.26. The Morgan fingerprint density at radius 3 is 2.10 bits per heavy atom. The summed E-state index contributed by atoms with van der Waals surface area (Å²) in [6, 6.07) is 23.7. The maximum Gasteiger partial charge on any atom is 0.412 e. The lowest BCUT2D eigenvalue weighted by Gasteiger charge is -2.19. The average molecular weight is 713 g/mol. The molecule has 5 rings (SSSR count). The minimum absolute atomic E-state index is 0.154. The maximum atomic E-state index is 15.5. The maximum absolute atomic E-state index is 15.5. The fraction of sp³-hybridized carbons (Fsp3) is 0.231. The van der Waals surface area contributed by atoms with E-state index in [1.165, 1.54) is 12.1 Å². The molecule has 3 amide bonds. The van der Waals surface area contributed by atoms with E-state index in [1.807, 2.05) is 37.3 Å². The molecule has 10 nitrogen and oxygen atoms in total. The van der Waals surface area contributed by atoms with Gasteiger partial charge in [0.15, 0.2) is 5.76 Å². The molecule has 0 fully saturated rings. The highest BCUT2D eigenvalue weighted by molar-refractivity contribution is 6.30. The van der Waals surface area contributed by atoms with E-state index < -0.39 is 35.6 Å². The van der Waals surface area contributed by atoms with Crippen molar-refractivity contribution in [2.45, 2.75) is 52.2 Å². The van der Waals surface area contributed by atoms with E-state index in [9.17, 15) is 19.5 Å². The van der Waals surface area contributed by atoms with Crippen molar-refractivity contribution in [2.75, 3.05) is 10.6 Å². The molecule has 0 saturated heterocycles. The molecule has 0 saturated carbocycles. The molecule has 51 heavy (non-hydrogen) atoms. The van der Waals surface area contributed by atoms with Crippen LogP contribution in [0.25, 0.3) is 16.9 Å². The topological polar surface area (TPSA) is 138 Å². The van der Waals surface area contributed by atoms with Crippen molar-refractivity contribution in [3.05, 3.63) is 125 Å². The second-order valence-electron chi connectivity index (χ2n) is 13.1. The van der Waals surface area contributed by atoms with Gasteiger partial charge in [-0.3, -0.25) is 5.32 Å². The number of carboxylic acid groups (broad SMARTS) is 1. The first-order valence-electron chi connectivity index (χ1n) is 16.2. The van der Waals surface area contributed by atoms with Crippen molar-refractivity contribution in [3.8, 4) is 11.1 Å². The standard InChI is InChI=1S/C39H38ClFN4O6/c1-23-5-20-34(27-11-17-30(18-12-27)43-38(49)50-39(2,3)4)51-45-35(23)31-19-6-24(21-32(31)41)22-33(36(46)47)44-37(48)42-29-15-9-26(10-16-29)25-7-13-28(40)14-8-25/h6-21,23,33H,5,22H2,1-4H3,(H,43,49)(H,46,47)(H2,42,44,48). The third kappa shape index (κ3) is 10.2. The van der Waals surface area contributed by atoms with Crippen LogP contribution in [0.15, 0.2) is 102 Å². The molecule has 1 aliphatic heterocycles. The Balaban J connectivity index is 1.20. The van der Waals surface area contributed by atoms with E-state index in [2.05, 4.69) is 21.1 Å². The lowest BCUT2D eigenvalue weighted by molar-refractivity contribution is -0.139. The van der Waals surface area contributed by atoms with Crippen LogP contribution in [0, 0.1) is 11.7 Å². The smallest absolute Gasteiger partial charge is 0.412 e. The van der Waals surface area contributed by atoms with Gasteiger partial charge in [0.05, 0.1) is 5.71 Å². The predicted molar refractivity (Wildman–Crippen MR) is 196 cm³/mol. The summed E-state index contributed by atoms with van der Waals surface area (Å²) in [5.41, 5.74) is 3.95. The number of oxime groups is 1. The predicted octanol–water partition coefficient (Wildman–Crippen LogP) is 9.11. The Labute approximate surface area is 300 Å². The lowest BCUT2D eigenvalue weighted by atomic mass is 9.93. The van der Waals surface area contributed by atoms with Crippen LogP contribution < -0.4 is 16.0 Å². The van der Waals surface area contributed by atoms with E-state index in [0.29, 0.717) is 45.4 Å². The molecule has 12 heteroatoms. The van der Waals surface area contributed by atoms with Gasteiger partial charge >= 0.3 is 18.1 Å². The molecule has 0 aromatic heterocycles. The fourth-order valence-electron chi connectivity index (χ4n) is 5.29. The zero-order chi connectivity index (χ0) is 36.7. The molecule has 0 bridgehead atoms. The minimum atomic E-state index is -1.32. The molecule has 2 unspecified atom stereocenters. The number of halogens is 2. The van der Waals surface area contributed by atoms with E-state index in [1.54, 1.807) is 75.4 Å². The van der Waals surface area contributed by atoms with E-state index in [4.69, 9.17) is 21.2 Å². The Kier molecular flexibility index (Phi) is 11.4. The number of allylic oxidation sites excluding steroid dienone is 1.